The van der Waals surface area contributed by atoms with E-state index in [0.717, 1.165) is 26.8 Å². The molecular weight excluding hydrogens is 302 g/mol. The second kappa shape index (κ2) is 5.42. The molecule has 2 heterocycles. The topological polar surface area (TPSA) is 62.7 Å². The Balaban J connectivity index is 2.09. The zero-order chi connectivity index (χ0) is 12.3. The van der Waals surface area contributed by atoms with Crippen LogP contribution < -0.4 is 10.6 Å². The molecule has 0 amide bonds. The summed E-state index contributed by atoms with van der Waals surface area (Å²) in [6, 6.07) is 0. The third-order valence-corrected chi connectivity index (χ3v) is 3.70. The number of halogens is 1. The number of rotatable bonds is 4. The van der Waals surface area contributed by atoms with E-state index in [9.17, 15) is 0 Å². The summed E-state index contributed by atoms with van der Waals surface area (Å²) < 4.78 is 0.828. The molecule has 0 aliphatic heterocycles. The van der Waals surface area contributed by atoms with Gasteiger partial charge in [-0.25, -0.2) is 15.0 Å². The first-order valence-electron chi connectivity index (χ1n) is 5.04. The van der Waals surface area contributed by atoms with Crippen molar-refractivity contribution in [2.75, 3.05) is 17.7 Å². The maximum absolute atomic E-state index is 4.38. The maximum Gasteiger partial charge on any atom is 0.146 e. The monoisotopic (exact) mass is 313 g/mol. The van der Waals surface area contributed by atoms with Gasteiger partial charge in [0.15, 0.2) is 0 Å². The predicted molar refractivity (Wildman–Crippen MR) is 73.5 cm³/mol. The number of nitrogens with zero attached hydrogens (tertiary/aromatic N) is 3. The van der Waals surface area contributed by atoms with Gasteiger partial charge in [-0.1, -0.05) is 0 Å². The third kappa shape index (κ3) is 2.92. The van der Waals surface area contributed by atoms with E-state index in [0.29, 0.717) is 6.54 Å². The Kier molecular flexibility index (Phi) is 3.90. The Morgan fingerprint density at radius 2 is 2.12 bits per heavy atom. The van der Waals surface area contributed by atoms with Crippen molar-refractivity contribution in [2.24, 2.45) is 0 Å². The number of thiazole rings is 1. The number of hydrogen-bond donors (Lipinski definition) is 2. The van der Waals surface area contributed by atoms with E-state index >= 15 is 0 Å². The molecule has 0 aliphatic rings. The van der Waals surface area contributed by atoms with Crippen molar-refractivity contribution in [3.05, 3.63) is 26.9 Å². The Bertz CT molecular complexity index is 513. The minimum absolute atomic E-state index is 0.656. The van der Waals surface area contributed by atoms with Crippen molar-refractivity contribution in [3.63, 3.8) is 0 Å². The first kappa shape index (κ1) is 12.3. The molecular formula is C10H12BrN5S. The molecule has 90 valence electrons. The highest BCUT2D eigenvalue weighted by Crippen LogP contribution is 2.26. The van der Waals surface area contributed by atoms with Crippen molar-refractivity contribution in [1.82, 2.24) is 15.0 Å². The van der Waals surface area contributed by atoms with Crippen LogP contribution in [0.25, 0.3) is 0 Å². The van der Waals surface area contributed by atoms with E-state index in [1.807, 2.05) is 19.4 Å². The van der Waals surface area contributed by atoms with Crippen molar-refractivity contribution in [2.45, 2.75) is 13.5 Å². The van der Waals surface area contributed by atoms with E-state index in [1.54, 1.807) is 11.3 Å². The number of nitrogens with one attached hydrogen (secondary N) is 2. The predicted octanol–water partition coefficient (Wildman–Crippen LogP) is 2.66. The Labute approximate surface area is 112 Å². The van der Waals surface area contributed by atoms with Gasteiger partial charge in [0, 0.05) is 12.4 Å². The highest BCUT2D eigenvalue weighted by Gasteiger charge is 2.07. The van der Waals surface area contributed by atoms with Crippen LogP contribution in [0, 0.1) is 6.92 Å². The Hall–Kier alpha value is -1.21. The van der Waals surface area contributed by atoms with Gasteiger partial charge < -0.3 is 10.6 Å². The molecule has 17 heavy (non-hydrogen) atoms. The van der Waals surface area contributed by atoms with Crippen LogP contribution in [0.1, 0.15) is 10.7 Å². The summed E-state index contributed by atoms with van der Waals surface area (Å²) >= 11 is 5.10. The van der Waals surface area contributed by atoms with Gasteiger partial charge in [-0.2, -0.15) is 0 Å². The van der Waals surface area contributed by atoms with E-state index < -0.39 is 0 Å². The summed E-state index contributed by atoms with van der Waals surface area (Å²) in [6.07, 6.45) is 1.52. The lowest BCUT2D eigenvalue weighted by Crippen LogP contribution is -2.05. The summed E-state index contributed by atoms with van der Waals surface area (Å²) in [5.74, 6) is 1.52. The zero-order valence-corrected chi connectivity index (χ0v) is 11.9. The molecule has 2 aromatic heterocycles. The summed E-state index contributed by atoms with van der Waals surface area (Å²) in [7, 11) is 1.82. The lowest BCUT2D eigenvalue weighted by molar-refractivity contribution is 1.02. The second-order valence-corrected chi connectivity index (χ2v) is 5.20. The van der Waals surface area contributed by atoms with Crippen molar-refractivity contribution in [3.8, 4) is 0 Å². The molecule has 0 aromatic carbocycles. The first-order chi connectivity index (χ1) is 8.20. The van der Waals surface area contributed by atoms with Crippen molar-refractivity contribution >= 4 is 38.9 Å². The molecule has 0 fully saturated rings. The average molecular weight is 314 g/mol. The van der Waals surface area contributed by atoms with Crippen LogP contribution in [0.3, 0.4) is 0 Å². The number of aryl methyl sites for hydroxylation is 1. The second-order valence-electron chi connectivity index (χ2n) is 3.35. The molecule has 5 nitrogen and oxygen atoms in total. The minimum Gasteiger partial charge on any atom is -0.372 e. The molecule has 7 heteroatoms. The summed E-state index contributed by atoms with van der Waals surface area (Å²) in [5, 5.41) is 9.32. The average Bonchev–Trinajstić information content (AvgIpc) is 2.74. The summed E-state index contributed by atoms with van der Waals surface area (Å²) in [5.41, 5.74) is 1.02. The molecule has 0 unspecified atom stereocenters. The molecule has 2 rings (SSSR count). The summed E-state index contributed by atoms with van der Waals surface area (Å²) in [6.45, 7) is 2.65. The minimum atomic E-state index is 0.656. The molecule has 0 saturated carbocycles. The van der Waals surface area contributed by atoms with Crippen LogP contribution in [-0.2, 0) is 6.54 Å². The van der Waals surface area contributed by atoms with Crippen LogP contribution in [0.5, 0.6) is 0 Å². The van der Waals surface area contributed by atoms with Gasteiger partial charge in [-0.3, -0.25) is 0 Å². The van der Waals surface area contributed by atoms with Gasteiger partial charge >= 0.3 is 0 Å². The van der Waals surface area contributed by atoms with Crippen LogP contribution in [0.4, 0.5) is 11.6 Å². The standard InChI is InChI=1S/C10H12BrN5S/c1-6-16-7(4-17-6)3-13-10-8(11)9(12-2)14-5-15-10/h4-5H,3H2,1-2H3,(H2,12,13,14,15). The van der Waals surface area contributed by atoms with E-state index in [1.165, 1.54) is 6.33 Å². The van der Waals surface area contributed by atoms with Crippen molar-refractivity contribution < 1.29 is 0 Å². The molecule has 0 aliphatic carbocycles. The van der Waals surface area contributed by atoms with Gasteiger partial charge in [0.05, 0.1) is 17.2 Å². The van der Waals surface area contributed by atoms with E-state index in [-0.39, 0.29) is 0 Å². The highest BCUT2D eigenvalue weighted by molar-refractivity contribution is 9.10. The van der Waals surface area contributed by atoms with Crippen LogP contribution >= 0.6 is 27.3 Å². The van der Waals surface area contributed by atoms with Gasteiger partial charge in [-0.05, 0) is 22.9 Å². The molecule has 2 aromatic rings. The lowest BCUT2D eigenvalue weighted by Gasteiger charge is -2.08. The zero-order valence-electron chi connectivity index (χ0n) is 9.49. The number of aromatic nitrogens is 3. The van der Waals surface area contributed by atoms with Crippen molar-refractivity contribution in [1.29, 1.82) is 0 Å². The molecule has 0 bridgehead atoms. The lowest BCUT2D eigenvalue weighted by atomic mass is 10.4. The third-order valence-electron chi connectivity index (χ3n) is 2.13. The largest absolute Gasteiger partial charge is 0.372 e. The van der Waals surface area contributed by atoms with Gasteiger partial charge in [-0.15, -0.1) is 11.3 Å². The fourth-order valence-electron chi connectivity index (χ4n) is 1.33. The molecule has 0 spiro atoms. The number of hydrogen-bond acceptors (Lipinski definition) is 6. The fraction of sp³-hybridized carbons (Fsp3) is 0.300. The van der Waals surface area contributed by atoms with E-state index in [4.69, 9.17) is 0 Å². The highest BCUT2D eigenvalue weighted by atomic mass is 79.9. The van der Waals surface area contributed by atoms with E-state index in [2.05, 4.69) is 41.5 Å². The molecule has 0 saturated heterocycles. The van der Waals surface area contributed by atoms with Gasteiger partial charge in [0.2, 0.25) is 0 Å². The fourth-order valence-corrected chi connectivity index (χ4v) is 2.49. The van der Waals surface area contributed by atoms with Gasteiger partial charge in [0.1, 0.15) is 22.4 Å². The molecule has 0 atom stereocenters. The smallest absolute Gasteiger partial charge is 0.146 e. The number of anilines is 2. The molecule has 0 radical (unpaired) electrons. The Morgan fingerprint density at radius 1 is 1.35 bits per heavy atom. The maximum atomic E-state index is 4.38. The SMILES string of the molecule is CNc1ncnc(NCc2csc(C)n2)c1Br. The Morgan fingerprint density at radius 3 is 2.76 bits per heavy atom. The quantitative estimate of drug-likeness (QED) is 0.908. The normalized spacial score (nSPS) is 10.3. The van der Waals surface area contributed by atoms with Gasteiger partial charge in [0.25, 0.3) is 0 Å². The molecule has 2 N–H and O–H groups in total. The van der Waals surface area contributed by atoms with Crippen LogP contribution in [0.15, 0.2) is 16.2 Å². The van der Waals surface area contributed by atoms with Crippen LogP contribution in [-0.4, -0.2) is 22.0 Å². The first-order valence-corrected chi connectivity index (χ1v) is 6.71. The van der Waals surface area contributed by atoms with Crippen LogP contribution in [0.2, 0.25) is 0 Å². The summed E-state index contributed by atoms with van der Waals surface area (Å²) in [4.78, 5) is 12.6.